The number of aromatic nitrogens is 3. The summed E-state index contributed by atoms with van der Waals surface area (Å²) in [4.78, 5) is 8.49. The molecule has 2 unspecified atom stereocenters. The standard InChI is InChI=1S/C13H16N4O3/c1-19-12-3-2-8(6-15-12)4-11-16-13(20-17-11)10-5-9(18)7-14-10/h2-3,6,9-10,14,18H,4-5,7H2,1H3. The van der Waals surface area contributed by atoms with E-state index in [1.165, 1.54) is 0 Å². The molecule has 0 bridgehead atoms. The molecule has 2 N–H and O–H groups in total. The minimum absolute atomic E-state index is 0.0553. The van der Waals surface area contributed by atoms with Crippen LogP contribution in [0.3, 0.4) is 0 Å². The average molecular weight is 276 g/mol. The van der Waals surface area contributed by atoms with Crippen LogP contribution in [0.5, 0.6) is 5.88 Å². The van der Waals surface area contributed by atoms with Gasteiger partial charge in [-0.15, -0.1) is 0 Å². The fourth-order valence-electron chi connectivity index (χ4n) is 2.20. The van der Waals surface area contributed by atoms with Crippen LogP contribution >= 0.6 is 0 Å². The Morgan fingerprint density at radius 3 is 3.05 bits per heavy atom. The van der Waals surface area contributed by atoms with Crippen LogP contribution in [0.25, 0.3) is 0 Å². The number of aliphatic hydroxyl groups excluding tert-OH is 1. The van der Waals surface area contributed by atoms with Crippen LogP contribution < -0.4 is 10.1 Å². The molecule has 0 amide bonds. The zero-order chi connectivity index (χ0) is 13.9. The van der Waals surface area contributed by atoms with E-state index in [-0.39, 0.29) is 12.1 Å². The molecule has 7 nitrogen and oxygen atoms in total. The lowest BCUT2D eigenvalue weighted by Gasteiger charge is -2.01. The monoisotopic (exact) mass is 276 g/mol. The summed E-state index contributed by atoms with van der Waals surface area (Å²) in [5.41, 5.74) is 0.984. The average Bonchev–Trinajstić information content (AvgIpc) is 3.09. The van der Waals surface area contributed by atoms with Crippen molar-refractivity contribution >= 4 is 0 Å². The molecule has 0 spiro atoms. The van der Waals surface area contributed by atoms with E-state index in [1.807, 2.05) is 6.07 Å². The Balaban J connectivity index is 1.67. The second kappa shape index (κ2) is 5.56. The number of pyridine rings is 1. The van der Waals surface area contributed by atoms with Gasteiger partial charge in [0.1, 0.15) is 0 Å². The third-order valence-corrected chi connectivity index (χ3v) is 3.26. The Hall–Kier alpha value is -1.99. The molecule has 0 aliphatic carbocycles. The van der Waals surface area contributed by atoms with Crippen molar-refractivity contribution in [1.82, 2.24) is 20.4 Å². The third-order valence-electron chi connectivity index (χ3n) is 3.26. The van der Waals surface area contributed by atoms with Crippen molar-refractivity contribution in [3.05, 3.63) is 35.6 Å². The number of hydrogen-bond acceptors (Lipinski definition) is 7. The first kappa shape index (κ1) is 13.0. The second-order valence-electron chi connectivity index (χ2n) is 4.78. The largest absolute Gasteiger partial charge is 0.481 e. The van der Waals surface area contributed by atoms with E-state index in [0.29, 0.717) is 37.0 Å². The number of β-amino-alcohol motifs (C(OH)–C–C–N with tert-alkyl or cyclic N) is 1. The molecule has 1 aliphatic rings. The van der Waals surface area contributed by atoms with Gasteiger partial charge in [-0.2, -0.15) is 4.98 Å². The van der Waals surface area contributed by atoms with Crippen molar-refractivity contribution in [3.8, 4) is 5.88 Å². The highest BCUT2D eigenvalue weighted by molar-refractivity contribution is 5.20. The normalized spacial score (nSPS) is 22.1. The topological polar surface area (TPSA) is 93.3 Å². The molecule has 0 saturated carbocycles. The van der Waals surface area contributed by atoms with Crippen LogP contribution in [-0.2, 0) is 6.42 Å². The molecule has 20 heavy (non-hydrogen) atoms. The van der Waals surface area contributed by atoms with Gasteiger partial charge in [-0.3, -0.25) is 0 Å². The number of rotatable bonds is 4. The van der Waals surface area contributed by atoms with Gasteiger partial charge in [0.05, 0.1) is 19.3 Å². The summed E-state index contributed by atoms with van der Waals surface area (Å²) in [6.45, 7) is 0.560. The van der Waals surface area contributed by atoms with E-state index >= 15 is 0 Å². The lowest BCUT2D eigenvalue weighted by molar-refractivity contribution is 0.191. The Kier molecular flexibility index (Phi) is 3.62. The molecule has 7 heteroatoms. The number of ether oxygens (including phenoxy) is 1. The molecule has 3 rings (SSSR count). The van der Waals surface area contributed by atoms with Crippen LogP contribution in [0.15, 0.2) is 22.9 Å². The van der Waals surface area contributed by atoms with Crippen LogP contribution in [0.1, 0.15) is 29.7 Å². The third kappa shape index (κ3) is 2.78. The maximum atomic E-state index is 9.48. The van der Waals surface area contributed by atoms with E-state index < -0.39 is 0 Å². The minimum atomic E-state index is -0.346. The second-order valence-corrected chi connectivity index (χ2v) is 4.78. The number of aliphatic hydroxyl groups is 1. The summed E-state index contributed by atoms with van der Waals surface area (Å²) >= 11 is 0. The van der Waals surface area contributed by atoms with Crippen molar-refractivity contribution in [2.75, 3.05) is 13.7 Å². The van der Waals surface area contributed by atoms with Crippen LogP contribution in [0.4, 0.5) is 0 Å². The van der Waals surface area contributed by atoms with Gasteiger partial charge in [-0.1, -0.05) is 11.2 Å². The van der Waals surface area contributed by atoms with E-state index in [1.54, 1.807) is 19.4 Å². The van der Waals surface area contributed by atoms with Crippen LogP contribution in [0.2, 0.25) is 0 Å². The molecular weight excluding hydrogens is 260 g/mol. The van der Waals surface area contributed by atoms with Crippen molar-refractivity contribution in [3.63, 3.8) is 0 Å². The summed E-state index contributed by atoms with van der Waals surface area (Å²) < 4.78 is 10.2. The van der Waals surface area contributed by atoms with Gasteiger partial charge in [0.2, 0.25) is 11.8 Å². The Labute approximate surface area is 116 Å². The fraction of sp³-hybridized carbons (Fsp3) is 0.462. The Morgan fingerprint density at radius 2 is 2.40 bits per heavy atom. The predicted octanol–water partition coefficient (Wildman–Crippen LogP) is 0.459. The zero-order valence-electron chi connectivity index (χ0n) is 11.1. The van der Waals surface area contributed by atoms with Crippen molar-refractivity contribution < 1.29 is 14.4 Å². The zero-order valence-corrected chi connectivity index (χ0v) is 11.1. The molecular formula is C13H16N4O3. The molecule has 0 radical (unpaired) electrons. The first-order valence-electron chi connectivity index (χ1n) is 6.47. The molecule has 1 aliphatic heterocycles. The Morgan fingerprint density at radius 1 is 1.50 bits per heavy atom. The van der Waals surface area contributed by atoms with E-state index in [9.17, 15) is 5.11 Å². The quantitative estimate of drug-likeness (QED) is 0.837. The van der Waals surface area contributed by atoms with Gasteiger partial charge < -0.3 is 19.7 Å². The first-order valence-corrected chi connectivity index (χ1v) is 6.47. The molecule has 2 atom stereocenters. The van der Waals surface area contributed by atoms with Crippen molar-refractivity contribution in [2.24, 2.45) is 0 Å². The van der Waals surface area contributed by atoms with Crippen molar-refractivity contribution in [2.45, 2.75) is 25.0 Å². The number of methoxy groups -OCH3 is 1. The smallest absolute Gasteiger partial charge is 0.243 e. The molecule has 2 aromatic heterocycles. The number of hydrogen-bond donors (Lipinski definition) is 2. The van der Waals surface area contributed by atoms with Crippen molar-refractivity contribution in [1.29, 1.82) is 0 Å². The first-order chi connectivity index (χ1) is 9.74. The van der Waals surface area contributed by atoms with E-state index in [4.69, 9.17) is 9.26 Å². The summed E-state index contributed by atoms with van der Waals surface area (Å²) in [6, 6.07) is 3.66. The lowest BCUT2D eigenvalue weighted by atomic mass is 10.2. The Bertz CT molecular complexity index is 569. The number of nitrogens with one attached hydrogen (secondary N) is 1. The van der Waals surface area contributed by atoms with Gasteiger partial charge in [0.25, 0.3) is 0 Å². The summed E-state index contributed by atoms with van der Waals surface area (Å²) in [5, 5.41) is 16.6. The molecule has 1 fully saturated rings. The van der Waals surface area contributed by atoms with Gasteiger partial charge in [0.15, 0.2) is 5.82 Å². The molecule has 106 valence electrons. The highest BCUT2D eigenvalue weighted by atomic mass is 16.5. The van der Waals surface area contributed by atoms with E-state index in [2.05, 4.69) is 20.4 Å². The SMILES string of the molecule is COc1ccc(Cc2noc(C3CC(O)CN3)n2)cn1. The molecule has 3 heterocycles. The highest BCUT2D eigenvalue weighted by Gasteiger charge is 2.28. The van der Waals surface area contributed by atoms with Gasteiger partial charge >= 0.3 is 0 Å². The summed E-state index contributed by atoms with van der Waals surface area (Å²) in [6.07, 6.45) is 2.54. The van der Waals surface area contributed by atoms with Crippen LogP contribution in [-0.4, -0.2) is 40.0 Å². The van der Waals surface area contributed by atoms with Gasteiger partial charge in [0, 0.05) is 25.2 Å². The predicted molar refractivity (Wildman–Crippen MR) is 69.3 cm³/mol. The maximum Gasteiger partial charge on any atom is 0.243 e. The fourth-order valence-corrected chi connectivity index (χ4v) is 2.20. The molecule has 2 aromatic rings. The lowest BCUT2D eigenvalue weighted by Crippen LogP contribution is -2.15. The number of nitrogens with zero attached hydrogens (tertiary/aromatic N) is 3. The van der Waals surface area contributed by atoms with Crippen LogP contribution in [0, 0.1) is 0 Å². The summed E-state index contributed by atoms with van der Waals surface area (Å²) in [7, 11) is 1.58. The highest BCUT2D eigenvalue weighted by Crippen LogP contribution is 2.22. The van der Waals surface area contributed by atoms with Gasteiger partial charge in [-0.25, -0.2) is 4.98 Å². The van der Waals surface area contributed by atoms with Gasteiger partial charge in [-0.05, 0) is 12.0 Å². The molecule has 0 aromatic carbocycles. The maximum absolute atomic E-state index is 9.48. The minimum Gasteiger partial charge on any atom is -0.481 e. The summed E-state index contributed by atoms with van der Waals surface area (Å²) in [5.74, 6) is 1.71. The molecule has 1 saturated heterocycles. The van der Waals surface area contributed by atoms with E-state index in [0.717, 1.165) is 5.56 Å².